The second-order valence-electron chi connectivity index (χ2n) is 5.86. The van der Waals surface area contributed by atoms with Crippen LogP contribution < -0.4 is 4.74 Å². The molecule has 1 fully saturated rings. The van der Waals surface area contributed by atoms with E-state index in [1.807, 2.05) is 41.2 Å². The minimum absolute atomic E-state index is 0.737. The first kappa shape index (κ1) is 16.8. The van der Waals surface area contributed by atoms with Crippen molar-refractivity contribution in [3.8, 4) is 23.8 Å². The highest BCUT2D eigenvalue weighted by molar-refractivity contribution is 7.71. The van der Waals surface area contributed by atoms with Crippen LogP contribution in [0.2, 0.25) is 0 Å². The lowest BCUT2D eigenvalue weighted by atomic mass is 10.3. The van der Waals surface area contributed by atoms with Crippen LogP contribution >= 0.6 is 12.2 Å². The number of piperazine rings is 1. The van der Waals surface area contributed by atoms with Crippen molar-refractivity contribution in [2.24, 2.45) is 0 Å². The fourth-order valence-electron chi connectivity index (χ4n) is 2.89. The van der Waals surface area contributed by atoms with E-state index < -0.39 is 0 Å². The Kier molecular flexibility index (Phi) is 5.36. The largest absolute Gasteiger partial charge is 0.497 e. The zero-order valence-electron chi connectivity index (χ0n) is 13.9. The lowest BCUT2D eigenvalue weighted by Crippen LogP contribution is -2.46. The van der Waals surface area contributed by atoms with Gasteiger partial charge in [0.15, 0.2) is 4.77 Å². The maximum Gasteiger partial charge on any atom is 0.185 e. The Morgan fingerprint density at radius 2 is 1.75 bits per heavy atom. The van der Waals surface area contributed by atoms with Crippen molar-refractivity contribution in [2.45, 2.75) is 6.67 Å². The van der Waals surface area contributed by atoms with Gasteiger partial charge in [0.1, 0.15) is 5.75 Å². The highest BCUT2D eigenvalue weighted by Crippen LogP contribution is 2.16. The van der Waals surface area contributed by atoms with E-state index in [9.17, 15) is 0 Å². The zero-order chi connectivity index (χ0) is 16.9. The number of rotatable bonds is 5. The Morgan fingerprint density at radius 3 is 2.38 bits per heavy atom. The number of methoxy groups -OCH3 is 1. The summed E-state index contributed by atoms with van der Waals surface area (Å²) < 4.78 is 10.1. The summed E-state index contributed by atoms with van der Waals surface area (Å²) in [6.07, 6.45) is 9.43. The molecule has 0 bridgehead atoms. The van der Waals surface area contributed by atoms with Gasteiger partial charge in [0, 0.05) is 44.3 Å². The fraction of sp³-hybridized carbons (Fsp3) is 0.389. The molecule has 1 aliphatic rings. The summed E-state index contributed by atoms with van der Waals surface area (Å²) in [6, 6.07) is 7.91. The minimum atomic E-state index is 0.737. The van der Waals surface area contributed by atoms with Gasteiger partial charge in [0.2, 0.25) is 0 Å². The Labute approximate surface area is 148 Å². The van der Waals surface area contributed by atoms with Gasteiger partial charge < -0.3 is 9.30 Å². The van der Waals surface area contributed by atoms with Crippen LogP contribution in [0.3, 0.4) is 0 Å². The fourth-order valence-corrected chi connectivity index (χ4v) is 3.18. The van der Waals surface area contributed by atoms with Crippen LogP contribution in [0.1, 0.15) is 0 Å². The molecule has 24 heavy (non-hydrogen) atoms. The zero-order valence-corrected chi connectivity index (χ0v) is 14.7. The van der Waals surface area contributed by atoms with E-state index in [1.54, 1.807) is 7.11 Å². The molecule has 0 saturated carbocycles. The average molecular weight is 342 g/mol. The van der Waals surface area contributed by atoms with Gasteiger partial charge in [-0.15, -0.1) is 6.42 Å². The normalized spacial score (nSPS) is 16.0. The number of imidazole rings is 1. The summed E-state index contributed by atoms with van der Waals surface area (Å²) in [5.74, 6) is 3.56. The van der Waals surface area contributed by atoms with E-state index in [-0.39, 0.29) is 0 Å². The van der Waals surface area contributed by atoms with Crippen molar-refractivity contribution in [3.63, 3.8) is 0 Å². The Morgan fingerprint density at radius 1 is 1.08 bits per heavy atom. The number of hydrogen-bond acceptors (Lipinski definition) is 4. The molecule has 1 aromatic heterocycles. The number of benzene rings is 1. The molecule has 0 unspecified atom stereocenters. The van der Waals surface area contributed by atoms with Crippen molar-refractivity contribution < 1.29 is 4.74 Å². The Balaban J connectivity index is 1.67. The smallest absolute Gasteiger partial charge is 0.185 e. The van der Waals surface area contributed by atoms with Crippen molar-refractivity contribution in [3.05, 3.63) is 41.4 Å². The van der Waals surface area contributed by atoms with Gasteiger partial charge in [-0.05, 0) is 36.5 Å². The predicted octanol–water partition coefficient (Wildman–Crippen LogP) is 2.23. The average Bonchev–Trinajstić information content (AvgIpc) is 2.98. The van der Waals surface area contributed by atoms with E-state index in [1.165, 1.54) is 0 Å². The molecule has 1 aromatic carbocycles. The third kappa shape index (κ3) is 3.70. The Bertz CT molecular complexity index is 764. The van der Waals surface area contributed by atoms with Crippen LogP contribution in [-0.4, -0.2) is 58.8 Å². The molecule has 2 heterocycles. The Hall–Kier alpha value is -2.07. The third-order valence-corrected chi connectivity index (χ3v) is 4.76. The topological polar surface area (TPSA) is 25.6 Å². The van der Waals surface area contributed by atoms with E-state index in [2.05, 4.69) is 20.3 Å². The number of hydrogen-bond donors (Lipinski definition) is 0. The van der Waals surface area contributed by atoms with Crippen LogP contribution in [0, 0.1) is 17.1 Å². The molecular formula is C18H22N4OS. The lowest BCUT2D eigenvalue weighted by Gasteiger charge is -2.33. The number of aromatic nitrogens is 2. The molecule has 6 heteroatoms. The molecule has 0 aliphatic carbocycles. The molecule has 2 aromatic rings. The SMILES string of the molecule is C#CCN1CCN(Cn2ccn(-c3ccc(OC)cc3)c2=S)CC1. The molecule has 0 amide bonds. The van der Waals surface area contributed by atoms with Crippen molar-refractivity contribution >= 4 is 12.2 Å². The minimum Gasteiger partial charge on any atom is -0.497 e. The first-order valence-electron chi connectivity index (χ1n) is 8.01. The van der Waals surface area contributed by atoms with E-state index in [4.69, 9.17) is 23.4 Å². The van der Waals surface area contributed by atoms with Crippen molar-refractivity contribution in [1.82, 2.24) is 18.9 Å². The van der Waals surface area contributed by atoms with Crippen molar-refractivity contribution in [2.75, 3.05) is 39.8 Å². The van der Waals surface area contributed by atoms with E-state index >= 15 is 0 Å². The summed E-state index contributed by atoms with van der Waals surface area (Å²) >= 11 is 5.63. The first-order chi connectivity index (χ1) is 11.7. The summed E-state index contributed by atoms with van der Waals surface area (Å²) in [4.78, 5) is 4.71. The molecule has 0 N–H and O–H groups in total. The standard InChI is InChI=1S/C18H22N4OS/c1-3-8-19-9-11-20(12-10-19)15-21-13-14-22(18(21)24)16-4-6-17(23-2)7-5-16/h1,4-7,13-14H,8-12,15H2,2H3. The molecular weight excluding hydrogens is 320 g/mol. The molecule has 0 atom stereocenters. The van der Waals surface area contributed by atoms with Crippen LogP contribution in [0.4, 0.5) is 0 Å². The summed E-state index contributed by atoms with van der Waals surface area (Å²) in [7, 11) is 1.67. The van der Waals surface area contributed by atoms with Gasteiger partial charge in [-0.2, -0.15) is 0 Å². The molecule has 0 radical (unpaired) electrons. The van der Waals surface area contributed by atoms with Crippen LogP contribution in [0.5, 0.6) is 5.75 Å². The quantitative estimate of drug-likeness (QED) is 0.615. The molecule has 5 nitrogen and oxygen atoms in total. The predicted molar refractivity (Wildman–Crippen MR) is 98.0 cm³/mol. The number of ether oxygens (including phenoxy) is 1. The summed E-state index contributed by atoms with van der Waals surface area (Å²) in [6.45, 7) is 5.59. The molecule has 126 valence electrons. The van der Waals surface area contributed by atoms with Gasteiger partial charge >= 0.3 is 0 Å². The first-order valence-corrected chi connectivity index (χ1v) is 8.42. The highest BCUT2D eigenvalue weighted by Gasteiger charge is 2.16. The second-order valence-corrected chi connectivity index (χ2v) is 6.22. The van der Waals surface area contributed by atoms with Gasteiger partial charge in [0.25, 0.3) is 0 Å². The van der Waals surface area contributed by atoms with Gasteiger partial charge in [-0.1, -0.05) is 5.92 Å². The maximum absolute atomic E-state index is 5.63. The van der Waals surface area contributed by atoms with Gasteiger partial charge in [-0.25, -0.2) is 0 Å². The summed E-state index contributed by atoms with van der Waals surface area (Å²) in [5, 5.41) is 0. The van der Waals surface area contributed by atoms with Gasteiger partial charge in [0.05, 0.1) is 20.3 Å². The molecule has 3 rings (SSSR count). The summed E-state index contributed by atoms with van der Waals surface area (Å²) in [5.41, 5.74) is 1.04. The van der Waals surface area contributed by atoms with Crippen LogP contribution in [0.25, 0.3) is 5.69 Å². The molecule has 1 aliphatic heterocycles. The monoisotopic (exact) mass is 342 g/mol. The van der Waals surface area contributed by atoms with Crippen LogP contribution in [0.15, 0.2) is 36.7 Å². The number of terminal acetylenes is 1. The molecule has 0 spiro atoms. The van der Waals surface area contributed by atoms with Gasteiger partial charge in [-0.3, -0.25) is 14.4 Å². The third-order valence-electron chi connectivity index (χ3n) is 4.33. The maximum atomic E-state index is 5.63. The van der Waals surface area contributed by atoms with Crippen LogP contribution in [-0.2, 0) is 6.67 Å². The number of nitrogens with zero attached hydrogens (tertiary/aromatic N) is 4. The second kappa shape index (κ2) is 7.67. The molecule has 1 saturated heterocycles. The highest BCUT2D eigenvalue weighted by atomic mass is 32.1. The van der Waals surface area contributed by atoms with E-state index in [0.717, 1.165) is 55.6 Å². The lowest BCUT2D eigenvalue weighted by molar-refractivity contribution is 0.116. The van der Waals surface area contributed by atoms with E-state index in [0.29, 0.717) is 0 Å². The van der Waals surface area contributed by atoms with Crippen molar-refractivity contribution in [1.29, 1.82) is 0 Å².